The lowest BCUT2D eigenvalue weighted by Gasteiger charge is -2.03. The van der Waals surface area contributed by atoms with Crippen molar-refractivity contribution in [3.63, 3.8) is 0 Å². The third-order valence-electron chi connectivity index (χ3n) is 2.69. The molecule has 0 spiro atoms. The number of hydrogen-bond acceptors (Lipinski definition) is 4. The molecule has 20 heavy (non-hydrogen) atoms. The van der Waals surface area contributed by atoms with E-state index >= 15 is 0 Å². The van der Waals surface area contributed by atoms with E-state index in [2.05, 4.69) is 5.16 Å². The summed E-state index contributed by atoms with van der Waals surface area (Å²) in [5, 5.41) is 3.90. The average molecular weight is 289 g/mol. The van der Waals surface area contributed by atoms with E-state index in [1.54, 1.807) is 38.3 Å². The first-order valence-electron chi connectivity index (χ1n) is 6.04. The van der Waals surface area contributed by atoms with Gasteiger partial charge in [-0.1, -0.05) is 23.4 Å². The highest BCUT2D eigenvalue weighted by Crippen LogP contribution is 2.13. The van der Waals surface area contributed by atoms with Gasteiger partial charge in [0, 0.05) is 0 Å². The Morgan fingerprint density at radius 2 is 1.70 bits per heavy atom. The molecule has 0 bridgehead atoms. The van der Waals surface area contributed by atoms with E-state index in [1.807, 2.05) is 30.3 Å². The van der Waals surface area contributed by atoms with Crippen LogP contribution < -0.4 is 4.74 Å². The minimum absolute atomic E-state index is 0.582. The molecule has 2 rings (SSSR count). The maximum Gasteiger partial charge on any atom is 0.265 e. The molecule has 4 nitrogen and oxygen atoms in total. The lowest BCUT2D eigenvalue weighted by atomic mass is 10.1. The first-order chi connectivity index (χ1) is 9.70. The van der Waals surface area contributed by atoms with Gasteiger partial charge in [-0.05, 0) is 48.9 Å². The van der Waals surface area contributed by atoms with Gasteiger partial charge in [0.1, 0.15) is 5.75 Å². The molecule has 0 heterocycles. The number of methoxy groups -OCH3 is 1. The number of rotatable bonds is 5. The molecule has 0 aromatic heterocycles. The summed E-state index contributed by atoms with van der Waals surface area (Å²) in [5.41, 5.74) is 1.53. The van der Waals surface area contributed by atoms with Crippen molar-refractivity contribution in [3.05, 3.63) is 60.2 Å². The highest BCUT2D eigenvalue weighted by Gasteiger charge is 2.05. The van der Waals surface area contributed by atoms with Crippen molar-refractivity contribution in [2.75, 3.05) is 7.11 Å². The summed E-state index contributed by atoms with van der Waals surface area (Å²) in [7, 11) is 1.61. The summed E-state index contributed by atoms with van der Waals surface area (Å²) in [6.45, 7) is 1.80. The lowest BCUT2D eigenvalue weighted by molar-refractivity contribution is 0.373. The number of oxime groups is 1. The fraction of sp³-hybridized carbons (Fsp3) is 0.133. The van der Waals surface area contributed by atoms with E-state index in [4.69, 9.17) is 9.02 Å². The van der Waals surface area contributed by atoms with E-state index in [1.165, 1.54) is 0 Å². The van der Waals surface area contributed by atoms with E-state index in [-0.39, 0.29) is 0 Å². The first-order valence-corrected chi connectivity index (χ1v) is 7.11. The smallest absolute Gasteiger partial charge is 0.265 e. The predicted molar refractivity (Wildman–Crippen MR) is 79.1 cm³/mol. The number of hydrogen-bond donors (Lipinski definition) is 0. The van der Waals surface area contributed by atoms with Crippen molar-refractivity contribution >= 4 is 16.8 Å². The maximum absolute atomic E-state index is 11.8. The van der Waals surface area contributed by atoms with Gasteiger partial charge in [-0.3, -0.25) is 4.28 Å². The van der Waals surface area contributed by atoms with Gasteiger partial charge in [0.05, 0.1) is 17.7 Å². The van der Waals surface area contributed by atoms with Crippen molar-refractivity contribution in [1.29, 1.82) is 0 Å². The number of benzene rings is 2. The van der Waals surface area contributed by atoms with Crippen LogP contribution in [0.1, 0.15) is 12.5 Å². The van der Waals surface area contributed by atoms with Crippen LogP contribution in [-0.2, 0) is 15.4 Å². The molecule has 5 heteroatoms. The summed E-state index contributed by atoms with van der Waals surface area (Å²) < 4.78 is 22.0. The molecule has 0 aliphatic heterocycles. The SMILES string of the molecule is COc1ccc(/C(C)=N/OS(=O)c2ccccc2)cc1. The van der Waals surface area contributed by atoms with Crippen LogP contribution in [0.25, 0.3) is 0 Å². The van der Waals surface area contributed by atoms with Crippen LogP contribution in [0.5, 0.6) is 5.75 Å². The highest BCUT2D eigenvalue weighted by molar-refractivity contribution is 7.80. The summed E-state index contributed by atoms with van der Waals surface area (Å²) in [6.07, 6.45) is 0. The third kappa shape index (κ3) is 3.68. The summed E-state index contributed by atoms with van der Waals surface area (Å²) in [4.78, 5) is 0.582. The topological polar surface area (TPSA) is 47.9 Å². The second kappa shape index (κ2) is 6.86. The average Bonchev–Trinajstić information content (AvgIpc) is 2.53. The molecule has 2 aromatic carbocycles. The van der Waals surface area contributed by atoms with Gasteiger partial charge in [-0.15, -0.1) is 0 Å². The molecule has 0 saturated heterocycles. The Morgan fingerprint density at radius 1 is 1.05 bits per heavy atom. The van der Waals surface area contributed by atoms with Crippen molar-refractivity contribution < 1.29 is 13.2 Å². The Hall–Kier alpha value is -2.14. The van der Waals surface area contributed by atoms with Gasteiger partial charge in [0.2, 0.25) is 0 Å². The summed E-state index contributed by atoms with van der Waals surface area (Å²) in [6, 6.07) is 16.3. The summed E-state index contributed by atoms with van der Waals surface area (Å²) >= 11 is -1.60. The van der Waals surface area contributed by atoms with Gasteiger partial charge in [-0.2, -0.15) is 0 Å². The molecule has 0 saturated carbocycles. The predicted octanol–water partition coefficient (Wildman–Crippen LogP) is 3.16. The molecule has 1 unspecified atom stereocenters. The zero-order valence-electron chi connectivity index (χ0n) is 11.3. The molecule has 0 fully saturated rings. The molecule has 1 atom stereocenters. The standard InChI is InChI=1S/C15H15NO3S/c1-12(13-8-10-14(18-2)11-9-13)16-19-20(17)15-6-4-3-5-7-15/h3-11H,1-2H3/b16-12+. The van der Waals surface area contributed by atoms with Gasteiger partial charge in [-0.25, -0.2) is 4.21 Å². The Morgan fingerprint density at radius 3 is 2.30 bits per heavy atom. The fourth-order valence-corrected chi connectivity index (χ4v) is 2.19. The van der Waals surface area contributed by atoms with Crippen LogP contribution >= 0.6 is 0 Å². The molecule has 0 radical (unpaired) electrons. The number of nitrogens with zero attached hydrogens (tertiary/aromatic N) is 1. The molecule has 0 aliphatic carbocycles. The molecule has 0 aliphatic rings. The molecule has 2 aromatic rings. The molecular weight excluding hydrogens is 274 g/mol. The van der Waals surface area contributed by atoms with Crippen molar-refractivity contribution in [2.45, 2.75) is 11.8 Å². The molecule has 0 amide bonds. The molecule has 0 N–H and O–H groups in total. The summed E-state index contributed by atoms with van der Waals surface area (Å²) in [5.74, 6) is 0.773. The van der Waals surface area contributed by atoms with Gasteiger partial charge < -0.3 is 4.74 Å². The highest BCUT2D eigenvalue weighted by atomic mass is 32.2. The van der Waals surface area contributed by atoms with Crippen LogP contribution in [0.15, 0.2) is 64.6 Å². The van der Waals surface area contributed by atoms with Crippen LogP contribution in [0.2, 0.25) is 0 Å². The normalized spacial score (nSPS) is 12.8. The van der Waals surface area contributed by atoms with Crippen molar-refractivity contribution in [2.24, 2.45) is 5.16 Å². The van der Waals surface area contributed by atoms with Gasteiger partial charge >= 0.3 is 0 Å². The Kier molecular flexibility index (Phi) is 4.90. The molecule has 104 valence electrons. The van der Waals surface area contributed by atoms with Crippen molar-refractivity contribution in [3.8, 4) is 5.75 Å². The van der Waals surface area contributed by atoms with Crippen LogP contribution in [0.4, 0.5) is 0 Å². The Labute approximate surface area is 120 Å². The second-order valence-corrected chi connectivity index (χ2v) is 5.12. The minimum Gasteiger partial charge on any atom is -0.497 e. The first kappa shape index (κ1) is 14.3. The zero-order chi connectivity index (χ0) is 14.4. The number of ether oxygens (including phenoxy) is 1. The Balaban J connectivity index is 2.05. The third-order valence-corrected chi connectivity index (χ3v) is 3.55. The van der Waals surface area contributed by atoms with Crippen LogP contribution in [0.3, 0.4) is 0 Å². The monoisotopic (exact) mass is 289 g/mol. The largest absolute Gasteiger partial charge is 0.497 e. The fourth-order valence-electron chi connectivity index (χ4n) is 1.55. The lowest BCUT2D eigenvalue weighted by Crippen LogP contribution is -1.99. The van der Waals surface area contributed by atoms with Gasteiger partial charge in [0.15, 0.2) is 0 Å². The van der Waals surface area contributed by atoms with Crippen LogP contribution in [-0.4, -0.2) is 17.0 Å². The quantitative estimate of drug-likeness (QED) is 0.627. The van der Waals surface area contributed by atoms with E-state index in [0.29, 0.717) is 10.6 Å². The Bertz CT molecular complexity index is 609. The molecular formula is C15H15NO3S. The van der Waals surface area contributed by atoms with E-state index < -0.39 is 11.1 Å². The minimum atomic E-state index is -1.60. The van der Waals surface area contributed by atoms with E-state index in [0.717, 1.165) is 11.3 Å². The van der Waals surface area contributed by atoms with Crippen LogP contribution in [0, 0.1) is 0 Å². The van der Waals surface area contributed by atoms with E-state index in [9.17, 15) is 4.21 Å². The van der Waals surface area contributed by atoms with Crippen molar-refractivity contribution in [1.82, 2.24) is 0 Å². The second-order valence-electron chi connectivity index (χ2n) is 4.03. The maximum atomic E-state index is 11.8. The zero-order valence-corrected chi connectivity index (χ0v) is 12.1. The van der Waals surface area contributed by atoms with Gasteiger partial charge in [0.25, 0.3) is 11.1 Å².